The van der Waals surface area contributed by atoms with E-state index in [2.05, 4.69) is 0 Å². The molecule has 0 fully saturated rings. The summed E-state index contributed by atoms with van der Waals surface area (Å²) in [4.78, 5) is 0. The van der Waals surface area contributed by atoms with Crippen LogP contribution < -0.4 is 0 Å². The van der Waals surface area contributed by atoms with Gasteiger partial charge < -0.3 is 10.2 Å². The highest BCUT2D eigenvalue weighted by Gasteiger charge is 1.97. The standard InChI is InChI=1S/C6H9O2P/c7-3-5-1-2-9-6(5)4-8/h1-2,7-9H,3-4H2. The summed E-state index contributed by atoms with van der Waals surface area (Å²) in [6, 6.07) is 1.87. The predicted molar refractivity (Wildman–Crippen MR) is 37.8 cm³/mol. The van der Waals surface area contributed by atoms with E-state index >= 15 is 0 Å². The molecule has 2 nitrogen and oxygen atoms in total. The molecule has 0 spiro atoms. The molecule has 0 saturated carbocycles. The molecule has 0 aliphatic rings. The van der Waals surface area contributed by atoms with E-state index in [1.807, 2.05) is 11.9 Å². The van der Waals surface area contributed by atoms with Crippen molar-refractivity contribution in [2.24, 2.45) is 0 Å². The van der Waals surface area contributed by atoms with Crippen molar-refractivity contribution in [1.82, 2.24) is 0 Å². The van der Waals surface area contributed by atoms with Crippen LogP contribution in [0.4, 0.5) is 0 Å². The van der Waals surface area contributed by atoms with Gasteiger partial charge in [0.25, 0.3) is 0 Å². The molecule has 0 aromatic carbocycles. The van der Waals surface area contributed by atoms with Crippen molar-refractivity contribution in [3.05, 3.63) is 22.7 Å². The van der Waals surface area contributed by atoms with Gasteiger partial charge in [-0.25, -0.2) is 0 Å². The fraction of sp³-hybridized carbons (Fsp3) is 0.333. The monoisotopic (exact) mass is 144 g/mol. The first-order valence-electron chi connectivity index (χ1n) is 2.75. The average molecular weight is 144 g/mol. The Morgan fingerprint density at radius 3 is 2.56 bits per heavy atom. The molecule has 1 atom stereocenters. The summed E-state index contributed by atoms with van der Waals surface area (Å²) in [6.07, 6.45) is 0. The molecule has 2 N–H and O–H groups in total. The average Bonchev–Trinajstić information content (AvgIpc) is 2.33. The van der Waals surface area contributed by atoms with Crippen LogP contribution in [0, 0.1) is 0 Å². The number of rotatable bonds is 2. The Bertz CT molecular complexity index is 164. The second-order valence-electron chi connectivity index (χ2n) is 1.80. The van der Waals surface area contributed by atoms with Gasteiger partial charge in [-0.3, -0.25) is 0 Å². The first kappa shape index (κ1) is 6.81. The molecule has 9 heavy (non-hydrogen) atoms. The van der Waals surface area contributed by atoms with Crippen LogP contribution in [0.2, 0.25) is 0 Å². The lowest BCUT2D eigenvalue weighted by Crippen LogP contribution is -1.84. The summed E-state index contributed by atoms with van der Waals surface area (Å²) in [5.74, 6) is 1.97. The van der Waals surface area contributed by atoms with Gasteiger partial charge in [0.15, 0.2) is 0 Å². The molecule has 1 aromatic rings. The van der Waals surface area contributed by atoms with Gasteiger partial charge in [0.05, 0.1) is 13.2 Å². The second kappa shape index (κ2) is 3.02. The van der Waals surface area contributed by atoms with Gasteiger partial charge in [-0.1, -0.05) is 6.07 Å². The van der Waals surface area contributed by atoms with Crippen LogP contribution in [-0.2, 0) is 13.2 Å². The second-order valence-corrected chi connectivity index (χ2v) is 3.02. The van der Waals surface area contributed by atoms with Crippen LogP contribution in [-0.4, -0.2) is 10.2 Å². The molecular formula is C6H9O2P. The van der Waals surface area contributed by atoms with Crippen molar-refractivity contribution in [3.8, 4) is 0 Å². The third kappa shape index (κ3) is 1.33. The maximum atomic E-state index is 8.67. The number of aliphatic hydroxyl groups is 2. The number of hydrogen-bond acceptors (Lipinski definition) is 2. The van der Waals surface area contributed by atoms with E-state index in [0.29, 0.717) is 8.19 Å². The molecular weight excluding hydrogens is 135 g/mol. The summed E-state index contributed by atoms with van der Waals surface area (Å²) in [5, 5.41) is 18.3. The van der Waals surface area contributed by atoms with Crippen molar-refractivity contribution in [3.63, 3.8) is 0 Å². The van der Waals surface area contributed by atoms with E-state index in [1.165, 1.54) is 0 Å². The van der Waals surface area contributed by atoms with E-state index in [4.69, 9.17) is 10.2 Å². The minimum absolute atomic E-state index is 0.0550. The number of hydrogen-bond donors (Lipinski definition) is 2. The van der Waals surface area contributed by atoms with E-state index in [-0.39, 0.29) is 13.2 Å². The first-order chi connectivity index (χ1) is 4.38. The Hall–Kier alpha value is -0.300. The molecule has 1 rings (SSSR count). The molecule has 50 valence electrons. The quantitative estimate of drug-likeness (QED) is 0.641. The van der Waals surface area contributed by atoms with Gasteiger partial charge in [-0.2, -0.15) is 0 Å². The molecule has 1 heterocycles. The van der Waals surface area contributed by atoms with Crippen molar-refractivity contribution in [2.45, 2.75) is 13.2 Å². The maximum absolute atomic E-state index is 8.67. The van der Waals surface area contributed by atoms with E-state index in [1.54, 1.807) is 0 Å². The highest BCUT2D eigenvalue weighted by molar-refractivity contribution is 7.30. The summed E-state index contributed by atoms with van der Waals surface area (Å²) in [7, 11) is 0.576. The Balaban J connectivity index is 2.85. The van der Waals surface area contributed by atoms with E-state index in [0.717, 1.165) is 10.9 Å². The SMILES string of the molecule is OCc1cc[pH]c1CO. The highest BCUT2D eigenvalue weighted by atomic mass is 31.0. The molecule has 3 heteroatoms. The third-order valence-electron chi connectivity index (χ3n) is 1.26. The Labute approximate surface area is 55.2 Å². The lowest BCUT2D eigenvalue weighted by molar-refractivity contribution is 0.263. The Morgan fingerprint density at radius 1 is 1.33 bits per heavy atom. The van der Waals surface area contributed by atoms with E-state index < -0.39 is 0 Å². The maximum Gasteiger partial charge on any atom is 0.0719 e. The lowest BCUT2D eigenvalue weighted by Gasteiger charge is -1.93. The van der Waals surface area contributed by atoms with Crippen molar-refractivity contribution < 1.29 is 10.2 Å². The third-order valence-corrected chi connectivity index (χ3v) is 2.42. The van der Waals surface area contributed by atoms with Crippen LogP contribution >= 0.6 is 8.19 Å². The van der Waals surface area contributed by atoms with Gasteiger partial charge >= 0.3 is 0 Å². The highest BCUT2D eigenvalue weighted by Crippen LogP contribution is 2.20. The molecule has 0 radical (unpaired) electrons. The molecule has 1 unspecified atom stereocenters. The molecule has 0 aliphatic carbocycles. The van der Waals surface area contributed by atoms with Gasteiger partial charge in [0.1, 0.15) is 0 Å². The smallest absolute Gasteiger partial charge is 0.0719 e. The zero-order chi connectivity index (χ0) is 6.69. The van der Waals surface area contributed by atoms with Crippen LogP contribution in [0.25, 0.3) is 0 Å². The van der Waals surface area contributed by atoms with Gasteiger partial charge in [-0.15, -0.1) is 8.19 Å². The summed E-state index contributed by atoms with van der Waals surface area (Å²) >= 11 is 0. The Morgan fingerprint density at radius 2 is 2.11 bits per heavy atom. The summed E-state index contributed by atoms with van der Waals surface area (Å²) in [5.41, 5.74) is 0.885. The zero-order valence-corrected chi connectivity index (χ0v) is 5.96. The largest absolute Gasteiger partial charge is 0.392 e. The van der Waals surface area contributed by atoms with Crippen LogP contribution in [0.15, 0.2) is 11.9 Å². The molecule has 0 saturated heterocycles. The van der Waals surface area contributed by atoms with Crippen LogP contribution in [0.3, 0.4) is 0 Å². The van der Waals surface area contributed by atoms with Gasteiger partial charge in [0, 0.05) is 0 Å². The topological polar surface area (TPSA) is 40.5 Å². The first-order valence-corrected chi connectivity index (χ1v) is 3.83. The fourth-order valence-corrected chi connectivity index (χ4v) is 1.66. The fourth-order valence-electron chi connectivity index (χ4n) is 0.731. The lowest BCUT2D eigenvalue weighted by atomic mass is 10.3. The molecule has 1 aromatic heterocycles. The van der Waals surface area contributed by atoms with Crippen LogP contribution in [0.5, 0.6) is 0 Å². The van der Waals surface area contributed by atoms with Crippen LogP contribution in [0.1, 0.15) is 10.9 Å². The minimum Gasteiger partial charge on any atom is -0.392 e. The van der Waals surface area contributed by atoms with Crippen molar-refractivity contribution >= 4 is 8.19 Å². The molecule has 0 aliphatic heterocycles. The molecule has 0 amide bonds. The van der Waals surface area contributed by atoms with Gasteiger partial charge in [0.2, 0.25) is 0 Å². The summed E-state index contributed by atoms with van der Waals surface area (Å²) in [6.45, 7) is 0.140. The van der Waals surface area contributed by atoms with Crippen molar-refractivity contribution in [2.75, 3.05) is 0 Å². The predicted octanol–water partition coefficient (Wildman–Crippen LogP) is 0.702. The number of aliphatic hydroxyl groups excluding tert-OH is 2. The van der Waals surface area contributed by atoms with Crippen molar-refractivity contribution in [1.29, 1.82) is 0 Å². The molecule has 0 bridgehead atoms. The Kier molecular flexibility index (Phi) is 2.29. The zero-order valence-electron chi connectivity index (χ0n) is 4.96. The van der Waals surface area contributed by atoms with E-state index in [9.17, 15) is 0 Å². The normalized spacial score (nSPS) is 10.9. The minimum atomic E-state index is 0.0550. The van der Waals surface area contributed by atoms with Gasteiger partial charge in [-0.05, 0) is 16.7 Å². The summed E-state index contributed by atoms with van der Waals surface area (Å²) < 4.78 is 0.